The van der Waals surface area contributed by atoms with Crippen molar-refractivity contribution in [3.63, 3.8) is 0 Å². The zero-order valence-corrected chi connectivity index (χ0v) is 12.3. The fourth-order valence-electron chi connectivity index (χ4n) is 1.58. The van der Waals surface area contributed by atoms with Crippen LogP contribution in [0.4, 0.5) is 0 Å². The van der Waals surface area contributed by atoms with E-state index in [0.717, 1.165) is 16.9 Å². The molecule has 0 unspecified atom stereocenters. The number of hydrogen-bond acceptors (Lipinski definition) is 7. The number of sulfonamides is 1. The quantitative estimate of drug-likeness (QED) is 0.767. The molecular formula is C12H10N4O3S2. The molecule has 3 aromatic heterocycles. The Hall–Kier alpha value is -2.10. The SMILES string of the molecule is O=S(=O)(NCc1nnc(-c2ccncc2)o1)c1cccs1. The molecule has 7 nitrogen and oxygen atoms in total. The molecule has 0 radical (unpaired) electrons. The van der Waals surface area contributed by atoms with E-state index in [0.29, 0.717) is 5.89 Å². The van der Waals surface area contributed by atoms with Crippen LogP contribution in [0.5, 0.6) is 0 Å². The lowest BCUT2D eigenvalue weighted by atomic mass is 10.3. The van der Waals surface area contributed by atoms with Gasteiger partial charge < -0.3 is 4.42 Å². The maximum atomic E-state index is 11.9. The second kappa shape index (κ2) is 5.72. The highest BCUT2D eigenvalue weighted by Crippen LogP contribution is 2.18. The number of thiophene rings is 1. The Morgan fingerprint density at radius 3 is 2.71 bits per heavy atom. The molecule has 9 heteroatoms. The van der Waals surface area contributed by atoms with Gasteiger partial charge >= 0.3 is 0 Å². The Labute approximate surface area is 124 Å². The molecule has 0 aromatic carbocycles. The van der Waals surface area contributed by atoms with Crippen molar-refractivity contribution >= 4 is 21.4 Å². The molecule has 0 fully saturated rings. The number of hydrogen-bond donors (Lipinski definition) is 1. The molecule has 0 aliphatic heterocycles. The minimum absolute atomic E-state index is 0.0572. The maximum absolute atomic E-state index is 11.9. The third kappa shape index (κ3) is 3.15. The molecule has 108 valence electrons. The fourth-order valence-corrected chi connectivity index (χ4v) is 3.59. The van der Waals surface area contributed by atoms with Gasteiger partial charge in [0, 0.05) is 18.0 Å². The normalized spacial score (nSPS) is 11.6. The van der Waals surface area contributed by atoms with E-state index in [2.05, 4.69) is 19.9 Å². The third-order valence-corrected chi connectivity index (χ3v) is 5.37. The summed E-state index contributed by atoms with van der Waals surface area (Å²) in [4.78, 5) is 3.89. The van der Waals surface area contributed by atoms with Crippen LogP contribution in [0, 0.1) is 0 Å². The Balaban J connectivity index is 1.71. The van der Waals surface area contributed by atoms with Gasteiger partial charge in [-0.25, -0.2) is 13.1 Å². The predicted molar refractivity (Wildman–Crippen MR) is 75.9 cm³/mol. The number of rotatable bonds is 5. The van der Waals surface area contributed by atoms with Gasteiger partial charge in [0.05, 0.1) is 6.54 Å². The van der Waals surface area contributed by atoms with E-state index >= 15 is 0 Å². The summed E-state index contributed by atoms with van der Waals surface area (Å²) in [5.74, 6) is 0.518. The average Bonchev–Trinajstić information content (AvgIpc) is 3.18. The molecule has 1 N–H and O–H groups in total. The lowest BCUT2D eigenvalue weighted by molar-refractivity contribution is 0.494. The van der Waals surface area contributed by atoms with E-state index in [4.69, 9.17) is 4.42 Å². The van der Waals surface area contributed by atoms with Crippen LogP contribution in [0.15, 0.2) is 50.7 Å². The average molecular weight is 322 g/mol. The van der Waals surface area contributed by atoms with Gasteiger partial charge in [0.25, 0.3) is 10.0 Å². The molecule has 0 saturated heterocycles. The molecule has 0 saturated carbocycles. The standard InChI is InChI=1S/C12H10N4O3S2/c17-21(18,11-2-1-7-20-11)14-8-10-15-16-12(19-10)9-3-5-13-6-4-9/h1-7,14H,8H2. The molecule has 21 heavy (non-hydrogen) atoms. The number of pyridine rings is 1. The summed E-state index contributed by atoms with van der Waals surface area (Å²) in [5, 5.41) is 9.39. The summed E-state index contributed by atoms with van der Waals surface area (Å²) < 4.78 is 32.0. The van der Waals surface area contributed by atoms with Crippen LogP contribution in [0.3, 0.4) is 0 Å². The molecule has 3 rings (SSSR count). The topological polar surface area (TPSA) is 98.0 Å². The molecule has 0 bridgehead atoms. The third-order valence-electron chi connectivity index (χ3n) is 2.57. The van der Waals surface area contributed by atoms with Gasteiger partial charge in [0.2, 0.25) is 11.8 Å². The first-order valence-corrected chi connectivity index (χ1v) is 8.27. The number of aromatic nitrogens is 3. The fraction of sp³-hybridized carbons (Fsp3) is 0.0833. The highest BCUT2D eigenvalue weighted by molar-refractivity contribution is 7.91. The lowest BCUT2D eigenvalue weighted by Crippen LogP contribution is -2.22. The van der Waals surface area contributed by atoms with Crippen molar-refractivity contribution in [2.24, 2.45) is 0 Å². The summed E-state index contributed by atoms with van der Waals surface area (Å²) in [6.45, 7) is -0.0572. The van der Waals surface area contributed by atoms with E-state index in [1.165, 1.54) is 6.07 Å². The lowest BCUT2D eigenvalue weighted by Gasteiger charge is -2.00. The molecule has 3 aromatic rings. The molecule has 0 amide bonds. The van der Waals surface area contributed by atoms with Crippen LogP contribution < -0.4 is 4.72 Å². The Kier molecular flexibility index (Phi) is 3.78. The summed E-state index contributed by atoms with van der Waals surface area (Å²) in [6, 6.07) is 6.66. The molecule has 3 heterocycles. The minimum Gasteiger partial charge on any atom is -0.419 e. The van der Waals surface area contributed by atoms with Gasteiger partial charge in [0.1, 0.15) is 4.21 Å². The second-order valence-electron chi connectivity index (χ2n) is 3.99. The van der Waals surface area contributed by atoms with Crippen LogP contribution in [0.25, 0.3) is 11.5 Å². The van der Waals surface area contributed by atoms with E-state index in [1.807, 2.05) is 0 Å². The predicted octanol–water partition coefficient (Wildman–Crippen LogP) is 1.67. The van der Waals surface area contributed by atoms with Crippen molar-refractivity contribution in [3.05, 3.63) is 47.9 Å². The van der Waals surface area contributed by atoms with Gasteiger partial charge in [-0.15, -0.1) is 21.5 Å². The van der Waals surface area contributed by atoms with Crippen molar-refractivity contribution in [3.8, 4) is 11.5 Å². The van der Waals surface area contributed by atoms with Crippen LogP contribution in [-0.2, 0) is 16.6 Å². The van der Waals surface area contributed by atoms with Crippen LogP contribution in [0.2, 0.25) is 0 Å². The summed E-state index contributed by atoms with van der Waals surface area (Å²) in [7, 11) is -3.54. The highest BCUT2D eigenvalue weighted by atomic mass is 32.2. The summed E-state index contributed by atoms with van der Waals surface area (Å²) in [5.41, 5.74) is 0.727. The van der Waals surface area contributed by atoms with E-state index in [9.17, 15) is 8.42 Å². The monoisotopic (exact) mass is 322 g/mol. The van der Waals surface area contributed by atoms with E-state index in [-0.39, 0.29) is 16.6 Å². The van der Waals surface area contributed by atoms with Gasteiger partial charge in [-0.2, -0.15) is 0 Å². The first-order valence-electron chi connectivity index (χ1n) is 5.91. The van der Waals surface area contributed by atoms with Crippen LogP contribution in [0.1, 0.15) is 5.89 Å². The first kappa shape index (κ1) is 13.9. The molecule has 0 aliphatic carbocycles. The Bertz CT molecular complexity index is 813. The molecule has 0 aliphatic rings. The maximum Gasteiger partial charge on any atom is 0.250 e. The smallest absolute Gasteiger partial charge is 0.250 e. The highest BCUT2D eigenvalue weighted by Gasteiger charge is 2.16. The van der Waals surface area contributed by atoms with E-state index < -0.39 is 10.0 Å². The number of nitrogens with one attached hydrogen (secondary N) is 1. The van der Waals surface area contributed by atoms with Gasteiger partial charge in [-0.1, -0.05) is 6.07 Å². The van der Waals surface area contributed by atoms with Crippen molar-refractivity contribution in [2.45, 2.75) is 10.8 Å². The number of nitrogens with zero attached hydrogens (tertiary/aromatic N) is 3. The zero-order chi connectivity index (χ0) is 14.7. The Morgan fingerprint density at radius 2 is 2.00 bits per heavy atom. The second-order valence-corrected chi connectivity index (χ2v) is 6.93. The molecule has 0 spiro atoms. The van der Waals surface area contributed by atoms with Crippen molar-refractivity contribution < 1.29 is 12.8 Å². The molecular weight excluding hydrogens is 312 g/mol. The van der Waals surface area contributed by atoms with E-state index in [1.54, 1.807) is 36.0 Å². The van der Waals surface area contributed by atoms with Crippen molar-refractivity contribution in [2.75, 3.05) is 0 Å². The van der Waals surface area contributed by atoms with Crippen LogP contribution in [-0.4, -0.2) is 23.6 Å². The Morgan fingerprint density at radius 1 is 1.19 bits per heavy atom. The summed E-state index contributed by atoms with van der Waals surface area (Å²) >= 11 is 1.14. The van der Waals surface area contributed by atoms with Gasteiger partial charge in [-0.3, -0.25) is 4.98 Å². The molecule has 0 atom stereocenters. The first-order chi connectivity index (χ1) is 10.1. The minimum atomic E-state index is -3.54. The van der Waals surface area contributed by atoms with Crippen LogP contribution >= 0.6 is 11.3 Å². The zero-order valence-electron chi connectivity index (χ0n) is 10.6. The van der Waals surface area contributed by atoms with Gasteiger partial charge in [-0.05, 0) is 23.6 Å². The van der Waals surface area contributed by atoms with Crippen molar-refractivity contribution in [1.29, 1.82) is 0 Å². The summed E-state index contributed by atoms with van der Waals surface area (Å²) in [6.07, 6.45) is 3.22. The van der Waals surface area contributed by atoms with Crippen molar-refractivity contribution in [1.82, 2.24) is 19.9 Å². The van der Waals surface area contributed by atoms with Gasteiger partial charge in [0.15, 0.2) is 0 Å². The largest absolute Gasteiger partial charge is 0.419 e.